The molecular weight excluding hydrogens is 438 g/mol. The van der Waals surface area contributed by atoms with Crippen LogP contribution in [0.1, 0.15) is 49.5 Å². The predicted molar refractivity (Wildman–Crippen MR) is 137 cm³/mol. The lowest BCUT2D eigenvalue weighted by atomic mass is 9.86. The molecule has 1 saturated heterocycles. The van der Waals surface area contributed by atoms with Crippen LogP contribution in [-0.2, 0) is 0 Å². The van der Waals surface area contributed by atoms with Gasteiger partial charge in [0.15, 0.2) is 0 Å². The summed E-state index contributed by atoms with van der Waals surface area (Å²) in [5.41, 5.74) is 4.72. The van der Waals surface area contributed by atoms with Gasteiger partial charge in [0.05, 0.1) is 0 Å². The molecule has 0 radical (unpaired) electrons. The number of phenolic OH excluding ortho intramolecular Hbond substituents is 2. The number of likely N-dealkylation sites (tertiary alicyclic amines) is 1. The zero-order chi connectivity index (χ0) is 24.1. The molecule has 2 unspecified atom stereocenters. The Hall–Kier alpha value is -3.44. The van der Waals surface area contributed by atoms with Gasteiger partial charge in [-0.1, -0.05) is 24.3 Å². The van der Waals surface area contributed by atoms with Gasteiger partial charge in [-0.2, -0.15) is 0 Å². The molecule has 3 aromatic rings. The lowest BCUT2D eigenvalue weighted by molar-refractivity contribution is 0.155. The van der Waals surface area contributed by atoms with Crippen LogP contribution in [0.4, 0.5) is 0 Å². The summed E-state index contributed by atoms with van der Waals surface area (Å²) in [4.78, 5) is 2.60. The Balaban J connectivity index is 1.26. The van der Waals surface area contributed by atoms with Gasteiger partial charge in [0.2, 0.25) is 0 Å². The van der Waals surface area contributed by atoms with Crippen molar-refractivity contribution in [3.8, 4) is 23.0 Å². The van der Waals surface area contributed by atoms with Crippen molar-refractivity contribution < 1.29 is 19.7 Å². The summed E-state index contributed by atoms with van der Waals surface area (Å²) in [6.07, 6.45) is 2.35. The van der Waals surface area contributed by atoms with Crippen LogP contribution in [0.3, 0.4) is 0 Å². The second-order valence-electron chi connectivity index (χ2n) is 10.1. The fraction of sp³-hybridized carbons (Fsp3) is 0.333. The van der Waals surface area contributed by atoms with Crippen LogP contribution in [0.25, 0.3) is 11.1 Å². The summed E-state index contributed by atoms with van der Waals surface area (Å²) in [5.74, 6) is 2.91. The van der Waals surface area contributed by atoms with Crippen LogP contribution in [-0.4, -0.2) is 40.3 Å². The van der Waals surface area contributed by atoms with E-state index in [9.17, 15) is 10.2 Å². The Kier molecular flexibility index (Phi) is 5.45. The fourth-order valence-corrected chi connectivity index (χ4v) is 5.74. The maximum Gasteiger partial charge on any atom is 0.150 e. The summed E-state index contributed by atoms with van der Waals surface area (Å²) < 4.78 is 12.6. The molecule has 5 nitrogen and oxygen atoms in total. The smallest absolute Gasteiger partial charge is 0.150 e. The highest BCUT2D eigenvalue weighted by Crippen LogP contribution is 2.48. The highest BCUT2D eigenvalue weighted by atomic mass is 16.5. The average molecular weight is 470 g/mol. The summed E-state index contributed by atoms with van der Waals surface area (Å²) in [5, 5.41) is 20.2. The molecule has 0 spiro atoms. The van der Waals surface area contributed by atoms with Crippen LogP contribution in [0.15, 0.2) is 66.7 Å². The molecule has 2 fully saturated rings. The van der Waals surface area contributed by atoms with E-state index in [0.29, 0.717) is 12.6 Å². The Morgan fingerprint density at radius 2 is 1.83 bits per heavy atom. The lowest BCUT2D eigenvalue weighted by Crippen LogP contribution is -2.37. The Labute approximate surface area is 206 Å². The normalized spacial score (nSPS) is 23.9. The maximum atomic E-state index is 10.1. The van der Waals surface area contributed by atoms with Gasteiger partial charge in [-0.25, -0.2) is 0 Å². The second kappa shape index (κ2) is 8.65. The van der Waals surface area contributed by atoms with Crippen molar-refractivity contribution in [1.29, 1.82) is 0 Å². The average Bonchev–Trinajstić information content (AvgIpc) is 3.52. The first-order chi connectivity index (χ1) is 17.0. The molecule has 0 aromatic heterocycles. The van der Waals surface area contributed by atoms with E-state index in [1.165, 1.54) is 19.4 Å². The van der Waals surface area contributed by atoms with Crippen LogP contribution in [0.5, 0.6) is 23.0 Å². The maximum absolute atomic E-state index is 10.1. The van der Waals surface area contributed by atoms with Crippen molar-refractivity contribution in [1.82, 2.24) is 4.90 Å². The van der Waals surface area contributed by atoms with E-state index in [1.807, 2.05) is 37.3 Å². The molecule has 0 amide bonds. The van der Waals surface area contributed by atoms with Crippen molar-refractivity contribution in [3.63, 3.8) is 0 Å². The molecule has 35 heavy (non-hydrogen) atoms. The molecular formula is C30H31NO4. The molecule has 4 atom stereocenters. The molecule has 1 saturated carbocycles. The minimum atomic E-state index is -0.349. The van der Waals surface area contributed by atoms with Crippen molar-refractivity contribution in [2.45, 2.75) is 44.9 Å². The van der Waals surface area contributed by atoms with E-state index in [-0.39, 0.29) is 17.6 Å². The minimum absolute atomic E-state index is 0.197. The van der Waals surface area contributed by atoms with Gasteiger partial charge in [0.25, 0.3) is 0 Å². The summed E-state index contributed by atoms with van der Waals surface area (Å²) >= 11 is 0. The summed E-state index contributed by atoms with van der Waals surface area (Å²) in [6.45, 7) is 6.18. The van der Waals surface area contributed by atoms with Gasteiger partial charge in [0, 0.05) is 23.2 Å². The number of benzene rings is 3. The summed E-state index contributed by atoms with van der Waals surface area (Å²) in [7, 11) is 0. The first-order valence-electron chi connectivity index (χ1n) is 12.5. The van der Waals surface area contributed by atoms with E-state index < -0.39 is 0 Å². The largest absolute Gasteiger partial charge is 0.508 e. The number of piperidine rings is 1. The molecule has 2 aliphatic heterocycles. The Bertz CT molecular complexity index is 1280. The Morgan fingerprint density at radius 3 is 2.54 bits per heavy atom. The van der Waals surface area contributed by atoms with E-state index >= 15 is 0 Å². The van der Waals surface area contributed by atoms with Crippen LogP contribution >= 0.6 is 0 Å². The van der Waals surface area contributed by atoms with Gasteiger partial charge in [-0.3, -0.25) is 4.90 Å². The Morgan fingerprint density at radius 1 is 1.03 bits per heavy atom. The molecule has 6 rings (SSSR count). The van der Waals surface area contributed by atoms with Crippen molar-refractivity contribution >= 4 is 11.1 Å². The van der Waals surface area contributed by atoms with Crippen molar-refractivity contribution in [2.24, 2.45) is 5.92 Å². The minimum Gasteiger partial charge on any atom is -0.508 e. The van der Waals surface area contributed by atoms with Crippen LogP contribution < -0.4 is 9.47 Å². The van der Waals surface area contributed by atoms with E-state index in [2.05, 4.69) is 24.0 Å². The number of allylic oxidation sites excluding steroid dienone is 1. The van der Waals surface area contributed by atoms with Gasteiger partial charge in [-0.15, -0.1) is 0 Å². The van der Waals surface area contributed by atoms with Gasteiger partial charge < -0.3 is 19.7 Å². The molecule has 180 valence electrons. The highest BCUT2D eigenvalue weighted by molar-refractivity contribution is 5.95. The van der Waals surface area contributed by atoms with Gasteiger partial charge >= 0.3 is 0 Å². The number of fused-ring (bicyclic) bond motifs is 2. The molecule has 3 aliphatic rings. The molecule has 5 heteroatoms. The third kappa shape index (κ3) is 4.14. The third-order valence-corrected chi connectivity index (χ3v) is 7.74. The molecule has 0 bridgehead atoms. The SMILES string of the molecule is CC1=C(c2cccc(O)c2)C(c2ccc(OCC(C)N3CC[C@H]4C[C@H]43)cc2)Oc2ccc(O)cc21. The zero-order valence-electron chi connectivity index (χ0n) is 20.1. The quantitative estimate of drug-likeness (QED) is 0.462. The number of hydrogen-bond acceptors (Lipinski definition) is 5. The number of ether oxygens (including phenoxy) is 2. The number of phenols is 2. The highest BCUT2D eigenvalue weighted by Gasteiger charge is 2.48. The van der Waals surface area contributed by atoms with Gasteiger partial charge in [-0.05, 0) is 98.3 Å². The number of aromatic hydroxyl groups is 2. The number of hydrogen-bond donors (Lipinski definition) is 2. The number of nitrogens with zero attached hydrogens (tertiary/aromatic N) is 1. The van der Waals surface area contributed by atoms with Crippen molar-refractivity contribution in [3.05, 3.63) is 83.4 Å². The first-order valence-corrected chi connectivity index (χ1v) is 12.5. The fourth-order valence-electron chi connectivity index (χ4n) is 5.74. The van der Waals surface area contributed by atoms with Crippen LogP contribution in [0, 0.1) is 5.92 Å². The topological polar surface area (TPSA) is 62.2 Å². The first kappa shape index (κ1) is 22.1. The van der Waals surface area contributed by atoms with E-state index in [0.717, 1.165) is 51.3 Å². The molecule has 2 heterocycles. The number of rotatable bonds is 6. The monoisotopic (exact) mass is 469 g/mol. The third-order valence-electron chi connectivity index (χ3n) is 7.74. The van der Waals surface area contributed by atoms with Gasteiger partial charge in [0.1, 0.15) is 35.7 Å². The van der Waals surface area contributed by atoms with E-state index in [1.54, 1.807) is 24.3 Å². The predicted octanol–water partition coefficient (Wildman–Crippen LogP) is 6.02. The second-order valence-corrected chi connectivity index (χ2v) is 10.1. The standard InChI is InChI=1S/C30H31NO4/c1-18(31-13-12-21-15-27(21)31)17-34-25-9-6-20(7-10-25)30-29(22-4-3-5-23(32)14-22)19(2)26-16-24(33)8-11-28(26)35-30/h3-11,14,16,18,21,27,30,32-33H,12-13,15,17H2,1-2H3/t18?,21-,27+,30?/m0/s1. The molecule has 1 aliphatic carbocycles. The summed E-state index contributed by atoms with van der Waals surface area (Å²) in [6, 6.07) is 21.7. The molecule has 2 N–H and O–H groups in total. The van der Waals surface area contributed by atoms with Crippen LogP contribution in [0.2, 0.25) is 0 Å². The zero-order valence-corrected chi connectivity index (χ0v) is 20.1. The van der Waals surface area contributed by atoms with E-state index in [4.69, 9.17) is 9.47 Å². The lowest BCUT2D eigenvalue weighted by Gasteiger charge is -2.31. The molecule has 3 aromatic carbocycles. The van der Waals surface area contributed by atoms with Crippen molar-refractivity contribution in [2.75, 3.05) is 13.2 Å².